The Hall–Kier alpha value is -2.80. The molecule has 0 aliphatic carbocycles. The fourth-order valence-corrected chi connectivity index (χ4v) is 4.04. The van der Waals surface area contributed by atoms with Crippen LogP contribution in [0.15, 0.2) is 53.7 Å². The van der Waals surface area contributed by atoms with E-state index in [-0.39, 0.29) is 18.4 Å². The molecule has 29 heavy (non-hydrogen) atoms. The van der Waals surface area contributed by atoms with Crippen LogP contribution in [0, 0.1) is 0 Å². The van der Waals surface area contributed by atoms with E-state index >= 15 is 0 Å². The molecule has 0 atom stereocenters. The normalized spacial score (nSPS) is 10.9. The lowest BCUT2D eigenvalue weighted by molar-refractivity contribution is -0.131. The number of benzene rings is 2. The first-order valence-corrected chi connectivity index (χ1v) is 10.7. The Labute approximate surface area is 175 Å². The second kappa shape index (κ2) is 9.60. The van der Waals surface area contributed by atoms with Crippen LogP contribution in [-0.4, -0.2) is 58.3 Å². The standard InChI is InChI=1S/C22H26N4O2S/c1-4-26(5-2)20(27)14-25(3)21(28)17-11-7-6-10-16(17)15-29-22-23-18-12-8-9-13-19(18)24-22/h6-13H,4-5,14-15H2,1-3H3,(H,23,24). The van der Waals surface area contributed by atoms with Crippen molar-refractivity contribution in [2.24, 2.45) is 0 Å². The molecule has 1 heterocycles. The number of rotatable bonds is 8. The molecule has 1 N–H and O–H groups in total. The van der Waals surface area contributed by atoms with Crippen LogP contribution in [0.2, 0.25) is 0 Å². The fraction of sp³-hybridized carbons (Fsp3) is 0.318. The number of amides is 2. The lowest BCUT2D eigenvalue weighted by atomic mass is 10.1. The van der Waals surface area contributed by atoms with Gasteiger partial charge in [0.1, 0.15) is 0 Å². The number of aromatic amines is 1. The van der Waals surface area contributed by atoms with Crippen molar-refractivity contribution in [3.8, 4) is 0 Å². The predicted octanol–water partition coefficient (Wildman–Crippen LogP) is 3.80. The van der Waals surface area contributed by atoms with Crippen molar-refractivity contribution in [3.05, 3.63) is 59.7 Å². The highest BCUT2D eigenvalue weighted by Crippen LogP contribution is 2.25. The van der Waals surface area contributed by atoms with Gasteiger partial charge >= 0.3 is 0 Å². The molecular formula is C22H26N4O2S. The largest absolute Gasteiger partial charge is 0.342 e. The number of para-hydroxylation sites is 2. The highest BCUT2D eigenvalue weighted by Gasteiger charge is 2.20. The van der Waals surface area contributed by atoms with Gasteiger partial charge in [-0.2, -0.15) is 0 Å². The Morgan fingerprint density at radius 2 is 1.72 bits per heavy atom. The summed E-state index contributed by atoms with van der Waals surface area (Å²) in [5, 5.41) is 0.818. The number of hydrogen-bond donors (Lipinski definition) is 1. The van der Waals surface area contributed by atoms with Crippen molar-refractivity contribution in [2.75, 3.05) is 26.7 Å². The van der Waals surface area contributed by atoms with E-state index in [1.165, 1.54) is 4.90 Å². The zero-order valence-electron chi connectivity index (χ0n) is 17.0. The number of imidazole rings is 1. The molecule has 0 fully saturated rings. The van der Waals surface area contributed by atoms with Crippen molar-refractivity contribution < 1.29 is 9.59 Å². The number of fused-ring (bicyclic) bond motifs is 1. The lowest BCUT2D eigenvalue weighted by Gasteiger charge is -2.23. The lowest BCUT2D eigenvalue weighted by Crippen LogP contribution is -2.41. The van der Waals surface area contributed by atoms with Crippen molar-refractivity contribution in [1.82, 2.24) is 19.8 Å². The molecule has 2 aromatic carbocycles. The van der Waals surface area contributed by atoms with E-state index < -0.39 is 0 Å². The molecule has 152 valence electrons. The Kier molecular flexibility index (Phi) is 6.93. The van der Waals surface area contributed by atoms with Crippen LogP contribution < -0.4 is 0 Å². The Morgan fingerprint density at radius 1 is 1.03 bits per heavy atom. The molecule has 6 nitrogen and oxygen atoms in total. The summed E-state index contributed by atoms with van der Waals surface area (Å²) in [5.41, 5.74) is 3.46. The van der Waals surface area contributed by atoms with Crippen molar-refractivity contribution in [2.45, 2.75) is 24.8 Å². The van der Waals surface area contributed by atoms with Crippen LogP contribution in [0.4, 0.5) is 0 Å². The van der Waals surface area contributed by atoms with E-state index in [2.05, 4.69) is 9.97 Å². The number of likely N-dealkylation sites (N-methyl/N-ethyl adjacent to an activating group) is 2. The number of nitrogens with one attached hydrogen (secondary N) is 1. The monoisotopic (exact) mass is 410 g/mol. The third-order valence-corrected chi connectivity index (χ3v) is 5.74. The number of hydrogen-bond acceptors (Lipinski definition) is 4. The third kappa shape index (κ3) is 4.98. The molecule has 0 aliphatic rings. The predicted molar refractivity (Wildman–Crippen MR) is 117 cm³/mol. The molecule has 0 radical (unpaired) electrons. The van der Waals surface area contributed by atoms with Gasteiger partial charge in [-0.15, -0.1) is 0 Å². The van der Waals surface area contributed by atoms with E-state index in [1.54, 1.807) is 23.7 Å². The van der Waals surface area contributed by atoms with Gasteiger partial charge in [-0.25, -0.2) is 4.98 Å². The molecule has 0 saturated carbocycles. The molecule has 7 heteroatoms. The fourth-order valence-electron chi connectivity index (χ4n) is 3.16. The van der Waals surface area contributed by atoms with Gasteiger partial charge in [0.05, 0.1) is 17.6 Å². The molecular weight excluding hydrogens is 384 g/mol. The van der Waals surface area contributed by atoms with Gasteiger partial charge in [0.25, 0.3) is 5.91 Å². The molecule has 0 aliphatic heterocycles. The summed E-state index contributed by atoms with van der Waals surface area (Å²) in [5.74, 6) is 0.422. The number of nitrogens with zero attached hydrogens (tertiary/aromatic N) is 3. The molecule has 0 spiro atoms. The van der Waals surface area contributed by atoms with Crippen molar-refractivity contribution in [1.29, 1.82) is 0 Å². The van der Waals surface area contributed by atoms with Gasteiger partial charge in [-0.3, -0.25) is 9.59 Å². The average Bonchev–Trinajstić information content (AvgIpc) is 3.15. The van der Waals surface area contributed by atoms with Crippen LogP contribution in [0.1, 0.15) is 29.8 Å². The summed E-state index contributed by atoms with van der Waals surface area (Å²) in [6.45, 7) is 5.23. The third-order valence-electron chi connectivity index (χ3n) is 4.82. The Balaban J connectivity index is 1.70. The Bertz CT molecular complexity index is 964. The number of aromatic nitrogens is 2. The first kappa shape index (κ1) is 20.9. The van der Waals surface area contributed by atoms with Gasteiger partial charge in [-0.05, 0) is 37.6 Å². The molecule has 0 bridgehead atoms. The van der Waals surface area contributed by atoms with Gasteiger partial charge in [-0.1, -0.05) is 42.1 Å². The van der Waals surface area contributed by atoms with Crippen LogP contribution >= 0.6 is 11.8 Å². The summed E-state index contributed by atoms with van der Waals surface area (Å²) in [6, 6.07) is 15.4. The maximum Gasteiger partial charge on any atom is 0.254 e. The first-order chi connectivity index (χ1) is 14.0. The van der Waals surface area contributed by atoms with Crippen LogP contribution in [0.3, 0.4) is 0 Å². The molecule has 2 amide bonds. The van der Waals surface area contributed by atoms with E-state index in [0.29, 0.717) is 24.4 Å². The second-order valence-corrected chi connectivity index (χ2v) is 7.70. The molecule has 1 aromatic heterocycles. The SMILES string of the molecule is CCN(CC)C(=O)CN(C)C(=O)c1ccccc1CSc1nc2ccccc2[nH]1. The number of thioether (sulfide) groups is 1. The average molecular weight is 411 g/mol. The molecule has 0 unspecified atom stereocenters. The summed E-state index contributed by atoms with van der Waals surface area (Å²) in [6.07, 6.45) is 0. The maximum atomic E-state index is 13.0. The quantitative estimate of drug-likeness (QED) is 0.574. The summed E-state index contributed by atoms with van der Waals surface area (Å²) in [4.78, 5) is 36.4. The van der Waals surface area contributed by atoms with Crippen molar-refractivity contribution in [3.63, 3.8) is 0 Å². The minimum atomic E-state index is -0.147. The summed E-state index contributed by atoms with van der Waals surface area (Å²) < 4.78 is 0. The van der Waals surface area contributed by atoms with Gasteiger partial charge in [0.15, 0.2) is 5.16 Å². The number of carbonyl (C=O) groups is 2. The van der Waals surface area contributed by atoms with E-state index in [1.807, 2.05) is 62.4 Å². The molecule has 3 aromatic rings. The van der Waals surface area contributed by atoms with Gasteiger partial charge < -0.3 is 14.8 Å². The number of carbonyl (C=O) groups excluding carboxylic acids is 2. The highest BCUT2D eigenvalue weighted by molar-refractivity contribution is 7.98. The van der Waals surface area contributed by atoms with Crippen LogP contribution in [-0.2, 0) is 10.5 Å². The van der Waals surface area contributed by atoms with Crippen molar-refractivity contribution >= 4 is 34.6 Å². The Morgan fingerprint density at radius 3 is 2.45 bits per heavy atom. The second-order valence-electron chi connectivity index (χ2n) is 6.73. The topological polar surface area (TPSA) is 69.3 Å². The van der Waals surface area contributed by atoms with Crippen LogP contribution in [0.25, 0.3) is 11.0 Å². The molecule has 0 saturated heterocycles. The van der Waals surface area contributed by atoms with E-state index in [0.717, 1.165) is 21.8 Å². The summed E-state index contributed by atoms with van der Waals surface area (Å²) in [7, 11) is 1.67. The van der Waals surface area contributed by atoms with Crippen LogP contribution in [0.5, 0.6) is 0 Å². The minimum absolute atomic E-state index is 0.0417. The number of H-pyrrole nitrogens is 1. The summed E-state index contributed by atoms with van der Waals surface area (Å²) >= 11 is 1.56. The van der Waals surface area contributed by atoms with Gasteiger partial charge in [0, 0.05) is 31.5 Å². The zero-order valence-corrected chi connectivity index (χ0v) is 17.8. The maximum absolute atomic E-state index is 13.0. The smallest absolute Gasteiger partial charge is 0.254 e. The zero-order chi connectivity index (χ0) is 20.8. The van der Waals surface area contributed by atoms with E-state index in [4.69, 9.17) is 0 Å². The minimum Gasteiger partial charge on any atom is -0.342 e. The first-order valence-electron chi connectivity index (χ1n) is 9.72. The van der Waals surface area contributed by atoms with Gasteiger partial charge in [0.2, 0.25) is 5.91 Å². The van der Waals surface area contributed by atoms with E-state index in [9.17, 15) is 9.59 Å². The highest BCUT2D eigenvalue weighted by atomic mass is 32.2. The molecule has 3 rings (SSSR count).